The summed E-state index contributed by atoms with van der Waals surface area (Å²) in [5.41, 5.74) is 0.971. The number of hydrogen-bond donors (Lipinski definition) is 2. The summed E-state index contributed by atoms with van der Waals surface area (Å²) in [7, 11) is 1.69. The Hall–Kier alpha value is -0.900. The quantitative estimate of drug-likeness (QED) is 0.710. The van der Waals surface area contributed by atoms with Crippen molar-refractivity contribution < 1.29 is 15.2 Å². The van der Waals surface area contributed by atoms with Gasteiger partial charge in [0, 0.05) is 7.11 Å². The molecule has 0 unspecified atom stereocenters. The minimum Gasteiger partial charge on any atom is -0.382 e. The first-order valence-electron chi connectivity index (χ1n) is 5.29. The first-order valence-corrected chi connectivity index (χ1v) is 5.29. The molecule has 3 heteroatoms. The molecule has 1 aromatic rings. The van der Waals surface area contributed by atoms with Crippen LogP contribution >= 0.6 is 0 Å². The predicted molar refractivity (Wildman–Crippen MR) is 59.5 cm³/mol. The van der Waals surface area contributed by atoms with Gasteiger partial charge in [-0.3, -0.25) is 0 Å². The minimum absolute atomic E-state index is 0.383. The molecule has 0 aliphatic heterocycles. The van der Waals surface area contributed by atoms with Crippen LogP contribution in [0.25, 0.3) is 0 Å². The maximum absolute atomic E-state index is 9.87. The van der Waals surface area contributed by atoms with Gasteiger partial charge >= 0.3 is 0 Å². The summed E-state index contributed by atoms with van der Waals surface area (Å²) < 4.78 is 5.03. The van der Waals surface area contributed by atoms with Crippen molar-refractivity contribution in [3.8, 4) is 0 Å². The number of methoxy groups -OCH3 is 1. The molecular formula is C12H20NO2+. The fourth-order valence-corrected chi connectivity index (χ4v) is 1.50. The molecule has 0 bridgehead atoms. The SMILES string of the molecule is COC[C@@H](C)[NH2+]C[C@@H](O)c1ccccc1. The minimum atomic E-state index is -0.398. The van der Waals surface area contributed by atoms with Gasteiger partial charge in [0.1, 0.15) is 18.7 Å². The van der Waals surface area contributed by atoms with E-state index in [-0.39, 0.29) is 0 Å². The van der Waals surface area contributed by atoms with Gasteiger partial charge in [-0.25, -0.2) is 0 Å². The summed E-state index contributed by atoms with van der Waals surface area (Å²) >= 11 is 0. The van der Waals surface area contributed by atoms with Crippen molar-refractivity contribution in [2.45, 2.75) is 19.1 Å². The lowest BCUT2D eigenvalue weighted by molar-refractivity contribution is -0.694. The van der Waals surface area contributed by atoms with Gasteiger partial charge in [0.05, 0.1) is 6.61 Å². The monoisotopic (exact) mass is 210 g/mol. The molecular weight excluding hydrogens is 190 g/mol. The second kappa shape index (κ2) is 6.56. The van der Waals surface area contributed by atoms with E-state index < -0.39 is 6.10 Å². The van der Waals surface area contributed by atoms with Crippen LogP contribution in [-0.4, -0.2) is 31.4 Å². The largest absolute Gasteiger partial charge is 0.382 e. The van der Waals surface area contributed by atoms with Gasteiger partial charge in [0.15, 0.2) is 0 Å². The summed E-state index contributed by atoms with van der Waals surface area (Å²) in [4.78, 5) is 0. The van der Waals surface area contributed by atoms with E-state index in [1.165, 1.54) is 0 Å². The number of aliphatic hydroxyl groups excluding tert-OH is 1. The predicted octanol–water partition coefficient (Wildman–Crippen LogP) is 0.318. The third-order valence-corrected chi connectivity index (χ3v) is 2.38. The average Bonchev–Trinajstić information content (AvgIpc) is 2.27. The Morgan fingerprint density at radius 1 is 1.33 bits per heavy atom. The van der Waals surface area contributed by atoms with Crippen LogP contribution in [0.4, 0.5) is 0 Å². The highest BCUT2D eigenvalue weighted by Crippen LogP contribution is 2.08. The first kappa shape index (κ1) is 12.2. The van der Waals surface area contributed by atoms with Crippen molar-refractivity contribution in [1.82, 2.24) is 0 Å². The van der Waals surface area contributed by atoms with Gasteiger partial charge in [-0.05, 0) is 12.5 Å². The van der Waals surface area contributed by atoms with Crippen LogP contribution in [0.5, 0.6) is 0 Å². The van der Waals surface area contributed by atoms with Gasteiger partial charge in [-0.1, -0.05) is 30.3 Å². The Balaban J connectivity index is 2.33. The van der Waals surface area contributed by atoms with Crippen molar-refractivity contribution in [1.29, 1.82) is 0 Å². The highest BCUT2D eigenvalue weighted by molar-refractivity contribution is 5.16. The number of quaternary nitrogens is 1. The molecule has 0 radical (unpaired) electrons. The van der Waals surface area contributed by atoms with E-state index in [1.54, 1.807) is 7.11 Å². The number of rotatable bonds is 6. The molecule has 0 aliphatic carbocycles. The van der Waals surface area contributed by atoms with E-state index in [0.29, 0.717) is 19.2 Å². The smallest absolute Gasteiger partial charge is 0.128 e. The Morgan fingerprint density at radius 2 is 2.00 bits per heavy atom. The fourth-order valence-electron chi connectivity index (χ4n) is 1.50. The third-order valence-electron chi connectivity index (χ3n) is 2.38. The van der Waals surface area contributed by atoms with E-state index in [0.717, 1.165) is 5.56 Å². The van der Waals surface area contributed by atoms with Crippen LogP contribution in [0, 0.1) is 0 Å². The molecule has 0 aliphatic rings. The molecule has 1 aromatic carbocycles. The summed E-state index contributed by atoms with van der Waals surface area (Å²) in [6, 6.07) is 10.1. The molecule has 0 spiro atoms. The average molecular weight is 210 g/mol. The molecule has 0 aromatic heterocycles. The zero-order chi connectivity index (χ0) is 11.1. The number of hydrogen-bond acceptors (Lipinski definition) is 2. The van der Waals surface area contributed by atoms with Crippen LogP contribution in [0.15, 0.2) is 30.3 Å². The maximum Gasteiger partial charge on any atom is 0.128 e. The second-order valence-corrected chi connectivity index (χ2v) is 3.83. The van der Waals surface area contributed by atoms with Crippen molar-refractivity contribution in [2.24, 2.45) is 0 Å². The van der Waals surface area contributed by atoms with Crippen LogP contribution < -0.4 is 5.32 Å². The Labute approximate surface area is 91.1 Å². The van der Waals surface area contributed by atoms with E-state index in [4.69, 9.17) is 4.74 Å². The number of benzene rings is 1. The molecule has 2 atom stereocenters. The van der Waals surface area contributed by atoms with Crippen molar-refractivity contribution in [2.75, 3.05) is 20.3 Å². The number of ether oxygens (including phenoxy) is 1. The molecule has 3 nitrogen and oxygen atoms in total. The van der Waals surface area contributed by atoms with E-state index in [2.05, 4.69) is 12.2 Å². The highest BCUT2D eigenvalue weighted by atomic mass is 16.5. The third kappa shape index (κ3) is 4.42. The lowest BCUT2D eigenvalue weighted by Gasteiger charge is -2.13. The van der Waals surface area contributed by atoms with E-state index >= 15 is 0 Å². The van der Waals surface area contributed by atoms with E-state index in [1.807, 2.05) is 30.3 Å². The molecule has 3 N–H and O–H groups in total. The Morgan fingerprint density at radius 3 is 2.60 bits per heavy atom. The molecule has 0 saturated carbocycles. The van der Waals surface area contributed by atoms with E-state index in [9.17, 15) is 5.11 Å². The van der Waals surface area contributed by atoms with Gasteiger partial charge in [-0.15, -0.1) is 0 Å². The van der Waals surface area contributed by atoms with Crippen LogP contribution in [0.3, 0.4) is 0 Å². The molecule has 0 fully saturated rings. The molecule has 15 heavy (non-hydrogen) atoms. The summed E-state index contributed by atoms with van der Waals surface area (Å²) in [6.45, 7) is 3.47. The molecule has 0 saturated heterocycles. The molecule has 84 valence electrons. The van der Waals surface area contributed by atoms with Gasteiger partial charge in [0.2, 0.25) is 0 Å². The number of aliphatic hydroxyl groups is 1. The zero-order valence-electron chi connectivity index (χ0n) is 9.39. The normalized spacial score (nSPS) is 14.9. The summed E-state index contributed by atoms with van der Waals surface area (Å²) in [5.74, 6) is 0. The fraction of sp³-hybridized carbons (Fsp3) is 0.500. The summed E-state index contributed by atoms with van der Waals surface area (Å²) in [6.07, 6.45) is -0.398. The Kier molecular flexibility index (Phi) is 5.32. The van der Waals surface area contributed by atoms with Gasteiger partial charge in [0.25, 0.3) is 0 Å². The van der Waals surface area contributed by atoms with Gasteiger partial charge in [-0.2, -0.15) is 0 Å². The van der Waals surface area contributed by atoms with Crippen molar-refractivity contribution in [3.05, 3.63) is 35.9 Å². The lowest BCUT2D eigenvalue weighted by Crippen LogP contribution is -2.91. The van der Waals surface area contributed by atoms with Crippen LogP contribution in [0.2, 0.25) is 0 Å². The van der Waals surface area contributed by atoms with Gasteiger partial charge < -0.3 is 15.2 Å². The van der Waals surface area contributed by atoms with Crippen molar-refractivity contribution >= 4 is 0 Å². The topological polar surface area (TPSA) is 46.1 Å². The standard InChI is InChI=1S/C12H19NO2/c1-10(9-15-2)13-8-12(14)11-6-4-3-5-7-11/h3-7,10,12-14H,8-9H2,1-2H3/p+1/t10-,12-/m1/s1. The number of nitrogens with two attached hydrogens (primary N) is 1. The van der Waals surface area contributed by atoms with Crippen LogP contribution in [0.1, 0.15) is 18.6 Å². The maximum atomic E-state index is 9.87. The molecule has 0 amide bonds. The molecule has 0 heterocycles. The van der Waals surface area contributed by atoms with Crippen molar-refractivity contribution in [3.63, 3.8) is 0 Å². The van der Waals surface area contributed by atoms with Crippen LogP contribution in [-0.2, 0) is 4.74 Å². The second-order valence-electron chi connectivity index (χ2n) is 3.83. The zero-order valence-corrected chi connectivity index (χ0v) is 9.39. The lowest BCUT2D eigenvalue weighted by atomic mass is 10.1. The summed E-state index contributed by atoms with van der Waals surface area (Å²) in [5, 5.41) is 12.0. The first-order chi connectivity index (χ1) is 7.24. The molecule has 1 rings (SSSR count). The highest BCUT2D eigenvalue weighted by Gasteiger charge is 2.11. The Bertz CT molecular complexity index is 264.